The summed E-state index contributed by atoms with van der Waals surface area (Å²) in [5.41, 5.74) is 1.47. The molecule has 0 unspecified atom stereocenters. The van der Waals surface area contributed by atoms with Crippen LogP contribution in [0.2, 0.25) is 0 Å². The van der Waals surface area contributed by atoms with Gasteiger partial charge in [-0.1, -0.05) is 30.8 Å². The van der Waals surface area contributed by atoms with Crippen molar-refractivity contribution in [3.05, 3.63) is 41.4 Å². The standard InChI is InChI=1S/C22H32N4O2S/c1-16-11-17(2)14-26(13-16)10-5-4-8-23-21(27)20-7-6-9-24-22(20)29-15-19-12-18(3)28-25-19/h6-7,9,12,16-17H,4-5,8,10-11,13-15H2,1-3H3,(H,23,27)/t16-,17-/m1/s1. The van der Waals surface area contributed by atoms with Crippen LogP contribution in [0.25, 0.3) is 0 Å². The van der Waals surface area contributed by atoms with E-state index in [9.17, 15) is 4.79 Å². The Morgan fingerprint density at radius 2 is 2.10 bits per heavy atom. The molecule has 0 aromatic carbocycles. The third kappa shape index (κ3) is 6.85. The van der Waals surface area contributed by atoms with Gasteiger partial charge >= 0.3 is 0 Å². The summed E-state index contributed by atoms with van der Waals surface area (Å²) < 4.78 is 5.10. The fraction of sp³-hybridized carbons (Fsp3) is 0.591. The normalized spacial score (nSPS) is 20.0. The van der Waals surface area contributed by atoms with Gasteiger partial charge in [0.05, 0.1) is 11.3 Å². The number of thioether (sulfide) groups is 1. The summed E-state index contributed by atoms with van der Waals surface area (Å²) in [6.07, 6.45) is 5.16. The first-order chi connectivity index (χ1) is 14.0. The minimum absolute atomic E-state index is 0.0582. The maximum absolute atomic E-state index is 12.6. The third-order valence-electron chi connectivity index (χ3n) is 5.18. The summed E-state index contributed by atoms with van der Waals surface area (Å²) in [6.45, 7) is 10.8. The van der Waals surface area contributed by atoms with Crippen molar-refractivity contribution >= 4 is 17.7 Å². The van der Waals surface area contributed by atoms with Crippen LogP contribution in [0.1, 0.15) is 54.9 Å². The van der Waals surface area contributed by atoms with E-state index in [1.807, 2.05) is 19.1 Å². The Morgan fingerprint density at radius 3 is 2.83 bits per heavy atom. The lowest BCUT2D eigenvalue weighted by molar-refractivity contribution is 0.0948. The van der Waals surface area contributed by atoms with Gasteiger partial charge in [0.25, 0.3) is 5.91 Å². The predicted molar refractivity (Wildman–Crippen MR) is 116 cm³/mol. The van der Waals surface area contributed by atoms with Crippen LogP contribution in [0.4, 0.5) is 0 Å². The van der Waals surface area contributed by atoms with Gasteiger partial charge in [-0.3, -0.25) is 4.79 Å². The number of hydrogen-bond donors (Lipinski definition) is 1. The molecule has 6 nitrogen and oxygen atoms in total. The maximum atomic E-state index is 12.6. The number of rotatable bonds is 9. The number of pyridine rings is 1. The SMILES string of the molecule is Cc1cc(CSc2ncccc2C(=O)NCCCCN2C[C@H](C)C[C@@H](C)C2)no1. The van der Waals surface area contributed by atoms with Gasteiger partial charge < -0.3 is 14.7 Å². The third-order valence-corrected chi connectivity index (χ3v) is 6.22. The number of aryl methyl sites for hydroxylation is 1. The molecule has 0 saturated carbocycles. The predicted octanol–water partition coefficient (Wildman–Crippen LogP) is 4.16. The quantitative estimate of drug-likeness (QED) is 0.489. The van der Waals surface area contributed by atoms with Crippen LogP contribution in [0.5, 0.6) is 0 Å². The summed E-state index contributed by atoms with van der Waals surface area (Å²) in [5, 5.41) is 7.77. The van der Waals surface area contributed by atoms with Crippen molar-refractivity contribution in [3.8, 4) is 0 Å². The van der Waals surface area contributed by atoms with E-state index < -0.39 is 0 Å². The van der Waals surface area contributed by atoms with Crippen molar-refractivity contribution in [1.82, 2.24) is 20.4 Å². The Hall–Kier alpha value is -1.86. The number of amides is 1. The van der Waals surface area contributed by atoms with E-state index in [1.165, 1.54) is 31.3 Å². The van der Waals surface area contributed by atoms with Gasteiger partial charge in [-0.25, -0.2) is 4.98 Å². The highest BCUT2D eigenvalue weighted by Crippen LogP contribution is 2.24. The van der Waals surface area contributed by atoms with Crippen LogP contribution in [-0.2, 0) is 5.75 Å². The summed E-state index contributed by atoms with van der Waals surface area (Å²) in [7, 11) is 0. The topological polar surface area (TPSA) is 71.3 Å². The van der Waals surface area contributed by atoms with E-state index >= 15 is 0 Å². The largest absolute Gasteiger partial charge is 0.361 e. The van der Waals surface area contributed by atoms with Crippen molar-refractivity contribution < 1.29 is 9.32 Å². The van der Waals surface area contributed by atoms with E-state index in [0.717, 1.165) is 47.7 Å². The lowest BCUT2D eigenvalue weighted by Crippen LogP contribution is -2.39. The molecule has 0 aliphatic carbocycles. The van der Waals surface area contributed by atoms with Crippen molar-refractivity contribution in [2.45, 2.75) is 50.8 Å². The molecule has 2 atom stereocenters. The number of aromatic nitrogens is 2. The van der Waals surface area contributed by atoms with Crippen LogP contribution >= 0.6 is 11.8 Å². The molecule has 0 radical (unpaired) electrons. The molecule has 29 heavy (non-hydrogen) atoms. The Labute approximate surface area is 177 Å². The number of likely N-dealkylation sites (tertiary alicyclic amines) is 1. The molecular formula is C22H32N4O2S. The number of nitrogens with zero attached hydrogens (tertiary/aromatic N) is 3. The van der Waals surface area contributed by atoms with E-state index in [4.69, 9.17) is 4.52 Å². The molecule has 1 aliphatic heterocycles. The monoisotopic (exact) mass is 416 g/mol. The molecule has 2 aromatic rings. The van der Waals surface area contributed by atoms with Gasteiger partial charge in [0.2, 0.25) is 0 Å². The number of nitrogens with one attached hydrogen (secondary N) is 1. The Morgan fingerprint density at radius 1 is 1.31 bits per heavy atom. The van der Waals surface area contributed by atoms with E-state index in [-0.39, 0.29) is 5.91 Å². The Bertz CT molecular complexity index is 785. The first kappa shape index (κ1) is 21.8. The Balaban J connectivity index is 1.41. The van der Waals surface area contributed by atoms with Gasteiger partial charge in [0.1, 0.15) is 10.8 Å². The van der Waals surface area contributed by atoms with Crippen LogP contribution < -0.4 is 5.32 Å². The fourth-order valence-corrected chi connectivity index (χ4v) is 4.91. The zero-order chi connectivity index (χ0) is 20.6. The number of hydrogen-bond acceptors (Lipinski definition) is 6. The molecule has 1 aliphatic rings. The van der Waals surface area contributed by atoms with Crippen molar-refractivity contribution in [2.24, 2.45) is 11.8 Å². The lowest BCUT2D eigenvalue weighted by atomic mass is 9.92. The molecule has 0 spiro atoms. The molecule has 7 heteroatoms. The first-order valence-electron chi connectivity index (χ1n) is 10.5. The maximum Gasteiger partial charge on any atom is 0.254 e. The zero-order valence-corrected chi connectivity index (χ0v) is 18.5. The summed E-state index contributed by atoms with van der Waals surface area (Å²) >= 11 is 1.50. The summed E-state index contributed by atoms with van der Waals surface area (Å²) in [5.74, 6) is 2.94. The molecule has 158 valence electrons. The van der Waals surface area contributed by atoms with Crippen LogP contribution in [0, 0.1) is 18.8 Å². The molecule has 0 bridgehead atoms. The smallest absolute Gasteiger partial charge is 0.254 e. The van der Waals surface area contributed by atoms with Gasteiger partial charge in [0.15, 0.2) is 0 Å². The van der Waals surface area contributed by atoms with E-state index in [2.05, 4.69) is 34.2 Å². The summed E-state index contributed by atoms with van der Waals surface area (Å²) in [6, 6.07) is 5.53. The number of carbonyl (C=O) groups excluding carboxylic acids is 1. The molecule has 1 saturated heterocycles. The van der Waals surface area contributed by atoms with Crippen molar-refractivity contribution in [3.63, 3.8) is 0 Å². The lowest BCUT2D eigenvalue weighted by Gasteiger charge is -2.34. The zero-order valence-electron chi connectivity index (χ0n) is 17.7. The molecule has 1 fully saturated rings. The van der Waals surface area contributed by atoms with E-state index in [0.29, 0.717) is 17.9 Å². The van der Waals surface area contributed by atoms with Crippen molar-refractivity contribution in [2.75, 3.05) is 26.2 Å². The van der Waals surface area contributed by atoms with Crippen molar-refractivity contribution in [1.29, 1.82) is 0 Å². The minimum atomic E-state index is -0.0582. The van der Waals surface area contributed by atoms with Crippen LogP contribution in [-0.4, -0.2) is 47.1 Å². The molecular weight excluding hydrogens is 384 g/mol. The molecule has 3 heterocycles. The average molecular weight is 417 g/mol. The molecule has 1 amide bonds. The highest BCUT2D eigenvalue weighted by Gasteiger charge is 2.21. The second kappa shape index (κ2) is 10.8. The second-order valence-electron chi connectivity index (χ2n) is 8.24. The highest BCUT2D eigenvalue weighted by atomic mass is 32.2. The molecule has 1 N–H and O–H groups in total. The molecule has 2 aromatic heterocycles. The Kier molecular flexibility index (Phi) is 8.12. The number of carbonyl (C=O) groups is 1. The van der Waals surface area contributed by atoms with Crippen LogP contribution in [0.3, 0.4) is 0 Å². The van der Waals surface area contributed by atoms with Gasteiger partial charge in [0, 0.05) is 37.7 Å². The van der Waals surface area contributed by atoms with E-state index in [1.54, 1.807) is 12.3 Å². The average Bonchev–Trinajstić information content (AvgIpc) is 3.10. The number of unbranched alkanes of at least 4 members (excludes halogenated alkanes) is 1. The number of piperidine rings is 1. The van der Waals surface area contributed by atoms with Gasteiger partial charge in [-0.2, -0.15) is 0 Å². The second-order valence-corrected chi connectivity index (χ2v) is 9.21. The van der Waals surface area contributed by atoms with Gasteiger partial charge in [-0.15, -0.1) is 0 Å². The minimum Gasteiger partial charge on any atom is -0.361 e. The first-order valence-corrected chi connectivity index (χ1v) is 11.5. The summed E-state index contributed by atoms with van der Waals surface area (Å²) in [4.78, 5) is 19.6. The fourth-order valence-electron chi connectivity index (χ4n) is 4.04. The van der Waals surface area contributed by atoms with Gasteiger partial charge in [-0.05, 0) is 56.7 Å². The highest BCUT2D eigenvalue weighted by molar-refractivity contribution is 7.98. The van der Waals surface area contributed by atoms with Crippen LogP contribution in [0.15, 0.2) is 33.9 Å². The molecule has 3 rings (SSSR count).